The lowest BCUT2D eigenvalue weighted by Gasteiger charge is -2.29. The van der Waals surface area contributed by atoms with Crippen LogP contribution >= 0.6 is 11.6 Å². The fraction of sp³-hybridized carbons (Fsp3) is 0.600. The van der Waals surface area contributed by atoms with Crippen LogP contribution in [-0.2, 0) is 11.3 Å². The lowest BCUT2D eigenvalue weighted by atomic mass is 10.1. The zero-order chi connectivity index (χ0) is 13.8. The Balaban J connectivity index is 2.21. The predicted molar refractivity (Wildman–Crippen MR) is 81.1 cm³/mol. The second kappa shape index (κ2) is 6.60. The molecular weight excluding hydrogens is 260 g/mol. The minimum absolute atomic E-state index is 0.428. The van der Waals surface area contributed by atoms with Gasteiger partial charge in [-0.2, -0.15) is 0 Å². The average molecular weight is 283 g/mol. The Kier molecular flexibility index (Phi) is 5.08. The molecule has 1 aromatic rings. The van der Waals surface area contributed by atoms with Gasteiger partial charge in [0.25, 0.3) is 0 Å². The van der Waals surface area contributed by atoms with Gasteiger partial charge in [0.05, 0.1) is 23.4 Å². The van der Waals surface area contributed by atoms with Crippen LogP contribution in [0.25, 0.3) is 0 Å². The summed E-state index contributed by atoms with van der Waals surface area (Å²) in [4.78, 5) is 2.27. The molecule has 1 atom stereocenters. The first kappa shape index (κ1) is 14.6. The van der Waals surface area contributed by atoms with E-state index in [1.807, 2.05) is 12.1 Å². The van der Waals surface area contributed by atoms with E-state index in [-0.39, 0.29) is 0 Å². The molecule has 0 amide bonds. The molecule has 0 aromatic heterocycles. The molecule has 2 rings (SSSR count). The highest BCUT2D eigenvalue weighted by Gasteiger charge is 2.23. The van der Waals surface area contributed by atoms with Crippen LogP contribution in [0.1, 0.15) is 25.8 Å². The third kappa shape index (κ3) is 3.62. The molecule has 3 nitrogen and oxygen atoms in total. The number of likely N-dealkylation sites (N-methyl/N-ethyl adjacent to an activating group) is 1. The Bertz CT molecular complexity index is 417. The zero-order valence-electron chi connectivity index (χ0n) is 11.9. The number of nitrogens with zero attached hydrogens (tertiary/aromatic N) is 1. The van der Waals surface area contributed by atoms with E-state index >= 15 is 0 Å². The van der Waals surface area contributed by atoms with Crippen LogP contribution in [0.2, 0.25) is 5.02 Å². The molecule has 0 bridgehead atoms. The van der Waals surface area contributed by atoms with Crippen molar-refractivity contribution >= 4 is 17.3 Å². The fourth-order valence-corrected chi connectivity index (χ4v) is 2.75. The molecule has 1 fully saturated rings. The summed E-state index contributed by atoms with van der Waals surface area (Å²) in [5.74, 6) is 0. The van der Waals surface area contributed by atoms with E-state index in [0.29, 0.717) is 12.1 Å². The van der Waals surface area contributed by atoms with Gasteiger partial charge in [-0.3, -0.25) is 0 Å². The first-order valence-corrected chi connectivity index (χ1v) is 7.28. The van der Waals surface area contributed by atoms with Crippen LogP contribution in [-0.4, -0.2) is 32.3 Å². The molecule has 1 aliphatic rings. The van der Waals surface area contributed by atoms with Gasteiger partial charge in [0.2, 0.25) is 0 Å². The molecule has 19 heavy (non-hydrogen) atoms. The van der Waals surface area contributed by atoms with E-state index < -0.39 is 0 Å². The van der Waals surface area contributed by atoms with Crippen LogP contribution < -0.4 is 10.2 Å². The van der Waals surface area contributed by atoms with Crippen molar-refractivity contribution in [2.24, 2.45) is 0 Å². The topological polar surface area (TPSA) is 24.5 Å². The van der Waals surface area contributed by atoms with Crippen molar-refractivity contribution in [3.05, 3.63) is 28.8 Å². The molecule has 1 aliphatic heterocycles. The van der Waals surface area contributed by atoms with Crippen molar-refractivity contribution in [3.8, 4) is 0 Å². The molecular formula is C15H23ClN2O. The fourth-order valence-electron chi connectivity index (χ4n) is 2.42. The van der Waals surface area contributed by atoms with Gasteiger partial charge in [-0.05, 0) is 18.1 Å². The highest BCUT2D eigenvalue weighted by atomic mass is 35.5. The van der Waals surface area contributed by atoms with Crippen LogP contribution in [0.3, 0.4) is 0 Å². The van der Waals surface area contributed by atoms with Crippen molar-refractivity contribution in [1.82, 2.24) is 5.32 Å². The summed E-state index contributed by atoms with van der Waals surface area (Å²) in [6, 6.07) is 7.01. The minimum Gasteiger partial charge on any atom is -0.379 e. The second-order valence-electron chi connectivity index (χ2n) is 5.41. The highest BCUT2D eigenvalue weighted by molar-refractivity contribution is 6.33. The largest absolute Gasteiger partial charge is 0.379 e. The molecule has 1 saturated heterocycles. The highest BCUT2D eigenvalue weighted by Crippen LogP contribution is 2.32. The number of rotatable bonds is 5. The minimum atomic E-state index is 0.428. The lowest BCUT2D eigenvalue weighted by Crippen LogP contribution is -2.33. The summed E-state index contributed by atoms with van der Waals surface area (Å²) in [6.07, 6.45) is 1.07. The first-order chi connectivity index (χ1) is 9.09. The molecule has 106 valence electrons. The lowest BCUT2D eigenvalue weighted by molar-refractivity contribution is 0.193. The molecule has 0 radical (unpaired) electrons. The zero-order valence-corrected chi connectivity index (χ0v) is 12.7. The number of para-hydroxylation sites is 1. The molecule has 0 saturated carbocycles. The van der Waals surface area contributed by atoms with Crippen LogP contribution in [0.4, 0.5) is 5.69 Å². The van der Waals surface area contributed by atoms with E-state index in [0.717, 1.165) is 36.9 Å². The standard InChI is InChI=1S/C15H23ClN2O/c1-11(2)17-9-12-5-4-6-14(16)15(12)18(3)13-7-8-19-10-13/h4-6,11,13,17H,7-10H2,1-3H3. The summed E-state index contributed by atoms with van der Waals surface area (Å²) >= 11 is 6.41. The van der Waals surface area contributed by atoms with Gasteiger partial charge >= 0.3 is 0 Å². The Morgan fingerprint density at radius 3 is 2.89 bits per heavy atom. The number of hydrogen-bond donors (Lipinski definition) is 1. The number of ether oxygens (including phenoxy) is 1. The number of hydrogen-bond acceptors (Lipinski definition) is 3. The first-order valence-electron chi connectivity index (χ1n) is 6.91. The Hall–Kier alpha value is -0.770. The molecule has 0 spiro atoms. The van der Waals surface area contributed by atoms with E-state index in [4.69, 9.17) is 16.3 Å². The van der Waals surface area contributed by atoms with E-state index in [1.54, 1.807) is 0 Å². The molecule has 1 unspecified atom stereocenters. The average Bonchev–Trinajstić information content (AvgIpc) is 2.89. The van der Waals surface area contributed by atoms with Gasteiger partial charge < -0.3 is 15.0 Å². The van der Waals surface area contributed by atoms with E-state index in [2.05, 4.69) is 37.2 Å². The Morgan fingerprint density at radius 1 is 1.47 bits per heavy atom. The van der Waals surface area contributed by atoms with Crippen molar-refractivity contribution in [1.29, 1.82) is 0 Å². The van der Waals surface area contributed by atoms with Gasteiger partial charge in [0, 0.05) is 26.2 Å². The molecule has 1 N–H and O–H groups in total. The third-order valence-electron chi connectivity index (χ3n) is 3.58. The van der Waals surface area contributed by atoms with Crippen LogP contribution in [0.5, 0.6) is 0 Å². The van der Waals surface area contributed by atoms with Crippen molar-refractivity contribution in [3.63, 3.8) is 0 Å². The molecule has 4 heteroatoms. The van der Waals surface area contributed by atoms with Gasteiger partial charge in [-0.1, -0.05) is 37.6 Å². The Labute approximate surface area is 120 Å². The summed E-state index contributed by atoms with van der Waals surface area (Å²) in [7, 11) is 2.11. The number of halogens is 1. The van der Waals surface area contributed by atoms with Gasteiger partial charge in [0.15, 0.2) is 0 Å². The van der Waals surface area contributed by atoms with E-state index in [9.17, 15) is 0 Å². The number of benzene rings is 1. The van der Waals surface area contributed by atoms with Crippen molar-refractivity contribution in [2.45, 2.75) is 38.9 Å². The monoisotopic (exact) mass is 282 g/mol. The molecule has 1 heterocycles. The summed E-state index contributed by atoms with van der Waals surface area (Å²) < 4.78 is 5.48. The van der Waals surface area contributed by atoms with Crippen LogP contribution in [0.15, 0.2) is 18.2 Å². The summed E-state index contributed by atoms with van der Waals surface area (Å²) in [5, 5.41) is 4.28. The smallest absolute Gasteiger partial charge is 0.0670 e. The van der Waals surface area contributed by atoms with Gasteiger partial charge in [-0.25, -0.2) is 0 Å². The maximum atomic E-state index is 6.41. The number of anilines is 1. The summed E-state index contributed by atoms with van der Waals surface area (Å²) in [6.45, 7) is 6.78. The van der Waals surface area contributed by atoms with Gasteiger partial charge in [0.1, 0.15) is 0 Å². The second-order valence-corrected chi connectivity index (χ2v) is 5.82. The van der Waals surface area contributed by atoms with Crippen LogP contribution in [0, 0.1) is 0 Å². The normalized spacial score (nSPS) is 19.1. The quantitative estimate of drug-likeness (QED) is 0.898. The maximum Gasteiger partial charge on any atom is 0.0670 e. The number of nitrogens with one attached hydrogen (secondary N) is 1. The van der Waals surface area contributed by atoms with E-state index in [1.165, 1.54) is 5.56 Å². The van der Waals surface area contributed by atoms with Crippen molar-refractivity contribution in [2.75, 3.05) is 25.2 Å². The predicted octanol–water partition coefficient (Wildman–Crippen LogP) is 3.06. The van der Waals surface area contributed by atoms with Crippen molar-refractivity contribution < 1.29 is 4.74 Å². The molecule has 1 aromatic carbocycles. The maximum absolute atomic E-state index is 6.41. The Morgan fingerprint density at radius 2 is 2.26 bits per heavy atom. The molecule has 0 aliphatic carbocycles. The van der Waals surface area contributed by atoms with Gasteiger partial charge in [-0.15, -0.1) is 0 Å². The SMILES string of the molecule is CC(C)NCc1cccc(Cl)c1N(C)C1CCOC1. The summed E-state index contributed by atoms with van der Waals surface area (Å²) in [5.41, 5.74) is 2.38. The third-order valence-corrected chi connectivity index (χ3v) is 3.88.